The second-order valence-corrected chi connectivity index (χ2v) is 8.44. The number of fused-ring (bicyclic) bond motifs is 1. The third kappa shape index (κ3) is 3.65. The first kappa shape index (κ1) is 16.2. The molecule has 2 fully saturated rings. The number of hydrogen-bond acceptors (Lipinski definition) is 5. The Labute approximate surface area is 140 Å². The molecule has 5 nitrogen and oxygen atoms in total. The molecule has 0 aromatic heterocycles. The molecule has 23 heavy (non-hydrogen) atoms. The van der Waals surface area contributed by atoms with Crippen molar-refractivity contribution in [3.05, 3.63) is 30.3 Å². The van der Waals surface area contributed by atoms with Crippen molar-refractivity contribution >= 4 is 37.1 Å². The number of benzene rings is 1. The van der Waals surface area contributed by atoms with Gasteiger partial charge in [0.15, 0.2) is 0 Å². The molecule has 4 unspecified atom stereocenters. The van der Waals surface area contributed by atoms with Crippen LogP contribution < -0.4 is 4.46 Å². The van der Waals surface area contributed by atoms with E-state index in [1.54, 1.807) is 0 Å². The first-order valence-electron chi connectivity index (χ1n) is 7.63. The summed E-state index contributed by atoms with van der Waals surface area (Å²) >= 11 is -0.0558. The van der Waals surface area contributed by atoms with Gasteiger partial charge in [0.2, 0.25) is 0 Å². The molecule has 1 aliphatic heterocycles. The van der Waals surface area contributed by atoms with Crippen LogP contribution in [0.15, 0.2) is 30.3 Å². The maximum absolute atomic E-state index is 12.9. The van der Waals surface area contributed by atoms with Crippen LogP contribution in [0.2, 0.25) is 4.82 Å². The van der Waals surface area contributed by atoms with Gasteiger partial charge in [0.1, 0.15) is 0 Å². The molecular formula is C17H18O5Se. The average Bonchev–Trinajstić information content (AvgIpc) is 2.90. The van der Waals surface area contributed by atoms with E-state index in [0.29, 0.717) is 6.42 Å². The number of esters is 2. The molecule has 1 aromatic carbocycles. The number of carbonyl (C=O) groups excluding carboxylic acids is 3. The third-order valence-corrected chi connectivity index (χ3v) is 7.20. The van der Waals surface area contributed by atoms with Crippen molar-refractivity contribution in [2.24, 2.45) is 11.8 Å². The van der Waals surface area contributed by atoms with Crippen molar-refractivity contribution in [1.82, 2.24) is 0 Å². The van der Waals surface area contributed by atoms with Crippen LogP contribution in [0.25, 0.3) is 0 Å². The molecule has 2 aliphatic rings. The zero-order chi connectivity index (χ0) is 16.4. The molecule has 0 amide bonds. The predicted octanol–water partition coefficient (Wildman–Crippen LogP) is 0.888. The van der Waals surface area contributed by atoms with E-state index in [0.717, 1.165) is 4.46 Å². The summed E-state index contributed by atoms with van der Waals surface area (Å²) in [5, 5.41) is 0. The van der Waals surface area contributed by atoms with E-state index in [1.165, 1.54) is 6.92 Å². The zero-order valence-electron chi connectivity index (χ0n) is 12.8. The summed E-state index contributed by atoms with van der Waals surface area (Å²) in [6, 6.07) is 9.88. The van der Waals surface area contributed by atoms with Crippen molar-refractivity contribution in [3.8, 4) is 0 Å². The van der Waals surface area contributed by atoms with Crippen molar-refractivity contribution < 1.29 is 23.9 Å². The van der Waals surface area contributed by atoms with Gasteiger partial charge in [-0.1, -0.05) is 0 Å². The Bertz CT molecular complexity index is 615. The van der Waals surface area contributed by atoms with Crippen LogP contribution in [0.5, 0.6) is 0 Å². The van der Waals surface area contributed by atoms with Crippen LogP contribution in [0.1, 0.15) is 19.8 Å². The molecular weight excluding hydrogens is 363 g/mol. The number of ketones is 1. The second-order valence-electron chi connectivity index (χ2n) is 5.89. The van der Waals surface area contributed by atoms with Gasteiger partial charge in [-0.05, 0) is 0 Å². The molecule has 1 aliphatic carbocycles. The molecule has 3 rings (SSSR count). The summed E-state index contributed by atoms with van der Waals surface area (Å²) in [6.07, 6.45) is 0.429. The van der Waals surface area contributed by atoms with Crippen LogP contribution in [0.4, 0.5) is 0 Å². The number of Topliss-reactive ketones (excluding diaryl/α,β-unsaturated/α-hetero) is 1. The maximum atomic E-state index is 12.9. The van der Waals surface area contributed by atoms with Crippen LogP contribution in [-0.4, -0.2) is 45.4 Å². The molecule has 1 aromatic rings. The van der Waals surface area contributed by atoms with Crippen molar-refractivity contribution in [2.45, 2.75) is 30.7 Å². The van der Waals surface area contributed by atoms with Gasteiger partial charge in [-0.3, -0.25) is 0 Å². The zero-order valence-corrected chi connectivity index (χ0v) is 14.5. The summed E-state index contributed by atoms with van der Waals surface area (Å²) in [6.45, 7) is 1.57. The van der Waals surface area contributed by atoms with E-state index in [9.17, 15) is 14.4 Å². The summed E-state index contributed by atoms with van der Waals surface area (Å²) in [7, 11) is 0. The average molecular weight is 381 g/mol. The van der Waals surface area contributed by atoms with E-state index < -0.39 is 0 Å². The Morgan fingerprint density at radius 2 is 2.04 bits per heavy atom. The van der Waals surface area contributed by atoms with E-state index >= 15 is 0 Å². The molecule has 0 bridgehead atoms. The summed E-state index contributed by atoms with van der Waals surface area (Å²) in [5.41, 5.74) is 0. The third-order valence-electron chi connectivity index (χ3n) is 4.23. The standard InChI is InChI=1S/C17H18O5Se/c1-10(18)21-9-11-7-14-13(8-15(19)22-14)16(20)17(11)23-12-5-3-2-4-6-12/h2-6,11,13-14,17H,7-9H2,1H3. The fourth-order valence-corrected chi connectivity index (χ4v) is 5.84. The van der Waals surface area contributed by atoms with Crippen LogP contribution in [-0.2, 0) is 23.9 Å². The fourth-order valence-electron chi connectivity index (χ4n) is 3.15. The molecule has 1 saturated carbocycles. The molecule has 6 heteroatoms. The Balaban J connectivity index is 1.80. The minimum atomic E-state index is -0.353. The number of carbonyl (C=O) groups is 3. The van der Waals surface area contributed by atoms with Crippen LogP contribution in [0, 0.1) is 11.8 Å². The first-order valence-corrected chi connectivity index (χ1v) is 9.47. The number of rotatable bonds is 4. The van der Waals surface area contributed by atoms with Gasteiger partial charge in [0, 0.05) is 0 Å². The van der Waals surface area contributed by atoms with Gasteiger partial charge in [-0.25, -0.2) is 0 Å². The molecule has 0 spiro atoms. The number of hydrogen-bond donors (Lipinski definition) is 0. The van der Waals surface area contributed by atoms with Crippen molar-refractivity contribution in [2.75, 3.05) is 6.61 Å². The molecule has 0 N–H and O–H groups in total. The van der Waals surface area contributed by atoms with Crippen LogP contribution in [0.3, 0.4) is 0 Å². The van der Waals surface area contributed by atoms with E-state index in [2.05, 4.69) is 0 Å². The first-order chi connectivity index (χ1) is 11.0. The van der Waals surface area contributed by atoms with Crippen molar-refractivity contribution in [3.63, 3.8) is 0 Å². The predicted molar refractivity (Wildman–Crippen MR) is 83.3 cm³/mol. The number of ether oxygens (including phenoxy) is 2. The van der Waals surface area contributed by atoms with Gasteiger partial charge in [-0.15, -0.1) is 0 Å². The monoisotopic (exact) mass is 382 g/mol. The van der Waals surface area contributed by atoms with E-state index in [1.807, 2.05) is 30.3 Å². The topological polar surface area (TPSA) is 69.7 Å². The second kappa shape index (κ2) is 6.85. The van der Waals surface area contributed by atoms with Gasteiger partial charge in [0.25, 0.3) is 0 Å². The van der Waals surface area contributed by atoms with Crippen molar-refractivity contribution in [1.29, 1.82) is 0 Å². The van der Waals surface area contributed by atoms with E-state index in [4.69, 9.17) is 9.47 Å². The molecule has 1 heterocycles. The van der Waals surface area contributed by atoms with Gasteiger partial charge >= 0.3 is 140 Å². The molecule has 4 atom stereocenters. The van der Waals surface area contributed by atoms with Gasteiger partial charge < -0.3 is 0 Å². The molecule has 122 valence electrons. The summed E-state index contributed by atoms with van der Waals surface area (Å²) in [5.74, 6) is -0.972. The Hall–Kier alpha value is -1.65. The Kier molecular flexibility index (Phi) is 4.83. The summed E-state index contributed by atoms with van der Waals surface area (Å²) in [4.78, 5) is 35.3. The van der Waals surface area contributed by atoms with E-state index in [-0.39, 0.29) is 68.5 Å². The minimum absolute atomic E-state index is 0.0558. The van der Waals surface area contributed by atoms with Crippen LogP contribution >= 0.6 is 0 Å². The SMILES string of the molecule is CC(=O)OCC1CC2OC(=O)CC2C(=O)C1[Se]c1ccccc1. The quantitative estimate of drug-likeness (QED) is 0.572. The fraction of sp³-hybridized carbons (Fsp3) is 0.471. The molecule has 1 saturated heterocycles. The Morgan fingerprint density at radius 3 is 2.74 bits per heavy atom. The molecule has 0 radical (unpaired) electrons. The Morgan fingerprint density at radius 1 is 1.30 bits per heavy atom. The normalized spacial score (nSPS) is 29.8. The summed E-state index contributed by atoms with van der Waals surface area (Å²) < 4.78 is 11.6. The van der Waals surface area contributed by atoms with Gasteiger partial charge in [0.05, 0.1) is 0 Å². The van der Waals surface area contributed by atoms with Gasteiger partial charge in [-0.2, -0.15) is 0 Å².